The van der Waals surface area contributed by atoms with Crippen LogP contribution in [0.15, 0.2) is 30.8 Å². The number of nitrogens with one attached hydrogen (secondary N) is 1. The molecule has 0 aliphatic carbocycles. The number of hydrogen-bond donors (Lipinski definition) is 1. The molecule has 0 aliphatic heterocycles. The molecule has 0 radical (unpaired) electrons. The van der Waals surface area contributed by atoms with E-state index < -0.39 is 23.4 Å². The van der Waals surface area contributed by atoms with E-state index in [-0.39, 0.29) is 11.3 Å². The van der Waals surface area contributed by atoms with Crippen LogP contribution in [0.2, 0.25) is 0 Å². The zero-order valence-electron chi connectivity index (χ0n) is 11.5. The first kappa shape index (κ1) is 16.1. The summed E-state index contributed by atoms with van der Waals surface area (Å²) in [6.45, 7) is 8.07. The average molecular weight is 287 g/mol. The highest BCUT2D eigenvalue weighted by atomic mass is 19.4. The van der Waals surface area contributed by atoms with Gasteiger partial charge in [0.15, 0.2) is 0 Å². The minimum atomic E-state index is -4.51. The van der Waals surface area contributed by atoms with Gasteiger partial charge in [-0.05, 0) is 38.5 Å². The van der Waals surface area contributed by atoms with Gasteiger partial charge in [-0.3, -0.25) is 5.32 Å². The monoisotopic (exact) mass is 287 g/mol. The van der Waals surface area contributed by atoms with Crippen molar-refractivity contribution in [3.05, 3.63) is 36.4 Å². The molecule has 1 rings (SSSR count). The minimum Gasteiger partial charge on any atom is -0.444 e. The lowest BCUT2D eigenvalue weighted by molar-refractivity contribution is -0.0686. The lowest BCUT2D eigenvalue weighted by Gasteiger charge is -2.20. The summed E-state index contributed by atoms with van der Waals surface area (Å²) in [6, 6.07) is 5.34. The largest absolute Gasteiger partial charge is 0.444 e. The lowest BCUT2D eigenvalue weighted by atomic mass is 10.1. The normalized spacial score (nSPS) is 11.9. The number of rotatable bonds is 2. The van der Waals surface area contributed by atoms with Gasteiger partial charge < -0.3 is 4.74 Å². The number of alkyl halides is 3. The van der Waals surface area contributed by atoms with E-state index in [0.717, 1.165) is 0 Å². The van der Waals surface area contributed by atoms with E-state index in [0.29, 0.717) is 0 Å². The molecule has 0 spiro atoms. The van der Waals surface area contributed by atoms with Crippen LogP contribution in [0.5, 0.6) is 0 Å². The molecule has 0 saturated heterocycles. The molecule has 0 aliphatic rings. The van der Waals surface area contributed by atoms with E-state index in [1.807, 2.05) is 0 Å². The zero-order chi connectivity index (χ0) is 15.6. The van der Waals surface area contributed by atoms with E-state index in [2.05, 4.69) is 11.9 Å². The van der Waals surface area contributed by atoms with Crippen molar-refractivity contribution < 1.29 is 22.7 Å². The van der Waals surface area contributed by atoms with Gasteiger partial charge in [0.25, 0.3) is 0 Å². The summed E-state index contributed by atoms with van der Waals surface area (Å²) in [7, 11) is 0. The van der Waals surface area contributed by atoms with E-state index in [1.54, 1.807) is 20.8 Å². The molecule has 0 bridgehead atoms. The quantitative estimate of drug-likeness (QED) is 0.862. The Bertz CT molecular complexity index is 516. The predicted molar refractivity (Wildman–Crippen MR) is 71.4 cm³/mol. The van der Waals surface area contributed by atoms with Crippen LogP contribution in [0.4, 0.5) is 23.7 Å². The molecule has 1 amide bonds. The third-order valence-corrected chi connectivity index (χ3v) is 2.20. The first-order valence-corrected chi connectivity index (χ1v) is 5.85. The van der Waals surface area contributed by atoms with Crippen molar-refractivity contribution in [2.75, 3.05) is 5.32 Å². The smallest absolute Gasteiger partial charge is 0.416 e. The minimum absolute atomic E-state index is 0.106. The summed E-state index contributed by atoms with van der Waals surface area (Å²) < 4.78 is 42.6. The molecule has 3 nitrogen and oxygen atoms in total. The summed E-state index contributed by atoms with van der Waals surface area (Å²) >= 11 is 0. The van der Waals surface area contributed by atoms with Gasteiger partial charge >= 0.3 is 12.3 Å². The number of ether oxygens (including phenoxy) is 1. The molecule has 0 unspecified atom stereocenters. The Labute approximate surface area is 115 Å². The Hall–Kier alpha value is -1.98. The van der Waals surface area contributed by atoms with E-state index >= 15 is 0 Å². The number of anilines is 1. The number of hydrogen-bond acceptors (Lipinski definition) is 2. The van der Waals surface area contributed by atoms with Gasteiger partial charge in [0.2, 0.25) is 0 Å². The molecular formula is C14H16F3NO2. The van der Waals surface area contributed by atoms with Crippen LogP contribution >= 0.6 is 0 Å². The number of carbonyl (C=O) groups excluding carboxylic acids is 1. The van der Waals surface area contributed by atoms with E-state index in [4.69, 9.17) is 4.74 Å². The van der Waals surface area contributed by atoms with Gasteiger partial charge in [-0.2, -0.15) is 13.2 Å². The van der Waals surface area contributed by atoms with Crippen molar-refractivity contribution >= 4 is 17.4 Å². The van der Waals surface area contributed by atoms with Crippen LogP contribution in [0.1, 0.15) is 26.3 Å². The first-order valence-electron chi connectivity index (χ1n) is 5.85. The molecule has 0 heterocycles. The molecule has 20 heavy (non-hydrogen) atoms. The molecule has 6 heteroatoms. The second kappa shape index (κ2) is 5.56. The highest BCUT2D eigenvalue weighted by molar-refractivity contribution is 5.86. The van der Waals surface area contributed by atoms with Crippen molar-refractivity contribution in [3.63, 3.8) is 0 Å². The standard InChI is InChI=1S/C14H16F3NO2/c1-9(14(15,16)17)10-6-5-7-11(8-10)18-12(19)20-13(2,3)4/h5-8H,1H2,2-4H3,(H,18,19). The van der Waals surface area contributed by atoms with E-state index in [9.17, 15) is 18.0 Å². The van der Waals surface area contributed by atoms with Crippen molar-refractivity contribution in [2.24, 2.45) is 0 Å². The van der Waals surface area contributed by atoms with Gasteiger partial charge in [-0.1, -0.05) is 18.7 Å². The maximum absolute atomic E-state index is 12.5. The fraction of sp³-hybridized carbons (Fsp3) is 0.357. The molecule has 0 aromatic heterocycles. The fourth-order valence-electron chi connectivity index (χ4n) is 1.37. The maximum atomic E-state index is 12.5. The van der Waals surface area contributed by atoms with E-state index in [1.165, 1.54) is 24.3 Å². The van der Waals surface area contributed by atoms with Gasteiger partial charge in [0, 0.05) is 5.69 Å². The highest BCUT2D eigenvalue weighted by Gasteiger charge is 2.32. The van der Waals surface area contributed by atoms with Crippen molar-refractivity contribution in [1.29, 1.82) is 0 Å². The molecule has 110 valence electrons. The SMILES string of the molecule is C=C(c1cccc(NC(=O)OC(C)(C)C)c1)C(F)(F)F. The van der Waals surface area contributed by atoms with Crippen LogP contribution in [-0.4, -0.2) is 17.9 Å². The van der Waals surface area contributed by atoms with Gasteiger partial charge in [0.1, 0.15) is 5.60 Å². The van der Waals surface area contributed by atoms with Crippen LogP contribution in [0.25, 0.3) is 5.57 Å². The number of benzene rings is 1. The molecule has 0 fully saturated rings. The Morgan fingerprint density at radius 2 is 1.85 bits per heavy atom. The molecule has 0 atom stereocenters. The molecule has 0 saturated carbocycles. The third kappa shape index (κ3) is 4.95. The highest BCUT2D eigenvalue weighted by Crippen LogP contribution is 2.33. The Morgan fingerprint density at radius 1 is 1.25 bits per heavy atom. The van der Waals surface area contributed by atoms with Crippen LogP contribution in [-0.2, 0) is 4.74 Å². The second-order valence-corrected chi connectivity index (χ2v) is 5.18. The lowest BCUT2D eigenvalue weighted by Crippen LogP contribution is -2.27. The summed E-state index contributed by atoms with van der Waals surface area (Å²) in [5.74, 6) is 0. The molecule has 1 N–H and O–H groups in total. The topological polar surface area (TPSA) is 38.3 Å². The van der Waals surface area contributed by atoms with Gasteiger partial charge in [-0.15, -0.1) is 0 Å². The molecule has 1 aromatic rings. The maximum Gasteiger partial charge on any atom is 0.416 e. The van der Waals surface area contributed by atoms with Crippen LogP contribution in [0.3, 0.4) is 0 Å². The number of allylic oxidation sites excluding steroid dienone is 1. The van der Waals surface area contributed by atoms with Gasteiger partial charge in [-0.25, -0.2) is 4.79 Å². The average Bonchev–Trinajstić information content (AvgIpc) is 2.24. The summed E-state index contributed by atoms with van der Waals surface area (Å²) in [5.41, 5.74) is -1.55. The van der Waals surface area contributed by atoms with Crippen molar-refractivity contribution in [1.82, 2.24) is 0 Å². The number of amides is 1. The van der Waals surface area contributed by atoms with Crippen LogP contribution in [0, 0.1) is 0 Å². The summed E-state index contributed by atoms with van der Waals surface area (Å²) in [5, 5.41) is 2.38. The fourth-order valence-corrected chi connectivity index (χ4v) is 1.37. The first-order chi connectivity index (χ1) is 8.99. The number of halogens is 3. The summed E-state index contributed by atoms with van der Waals surface area (Å²) in [4.78, 5) is 11.5. The number of carbonyl (C=O) groups is 1. The molecule has 1 aromatic carbocycles. The molecular weight excluding hydrogens is 271 g/mol. The van der Waals surface area contributed by atoms with Crippen molar-refractivity contribution in [2.45, 2.75) is 32.5 Å². The third-order valence-electron chi connectivity index (χ3n) is 2.20. The Balaban J connectivity index is 2.84. The Kier molecular flexibility index (Phi) is 4.47. The second-order valence-electron chi connectivity index (χ2n) is 5.18. The zero-order valence-corrected chi connectivity index (χ0v) is 11.5. The Morgan fingerprint density at radius 3 is 2.35 bits per heavy atom. The predicted octanol–water partition coefficient (Wildman–Crippen LogP) is 4.61. The van der Waals surface area contributed by atoms with Crippen LogP contribution < -0.4 is 5.32 Å². The van der Waals surface area contributed by atoms with Crippen molar-refractivity contribution in [3.8, 4) is 0 Å². The summed E-state index contributed by atoms with van der Waals surface area (Å²) in [6.07, 6.45) is -5.24. The van der Waals surface area contributed by atoms with Gasteiger partial charge in [0.05, 0.1) is 5.57 Å².